The number of hydrogen-bond donors (Lipinski definition) is 11. The van der Waals surface area contributed by atoms with E-state index < -0.39 is 145 Å². The van der Waals surface area contributed by atoms with Gasteiger partial charge >= 0.3 is 5.97 Å². The first kappa shape index (κ1) is 43.2. The molecular formula is C36H44O22. The van der Waals surface area contributed by atoms with Crippen molar-refractivity contribution < 1.29 is 103 Å². The van der Waals surface area contributed by atoms with Crippen molar-refractivity contribution in [2.24, 2.45) is 0 Å². The van der Waals surface area contributed by atoms with Crippen molar-refractivity contribution in [1.29, 1.82) is 0 Å². The number of hydrogen-bond acceptors (Lipinski definition) is 22. The van der Waals surface area contributed by atoms with Gasteiger partial charge in [-0.1, -0.05) is 0 Å². The van der Waals surface area contributed by atoms with E-state index in [-0.39, 0.29) is 22.6 Å². The number of esters is 1. The molecule has 1 aromatic heterocycles. The van der Waals surface area contributed by atoms with Crippen LogP contribution in [0, 0.1) is 0 Å². The lowest BCUT2D eigenvalue weighted by atomic mass is 9.97. The van der Waals surface area contributed by atoms with Crippen LogP contribution in [0.4, 0.5) is 0 Å². The number of carbonyl (C=O) groups is 1. The number of fused-ring (bicyclic) bond motifs is 1. The molecule has 3 aliphatic heterocycles. The summed E-state index contributed by atoms with van der Waals surface area (Å²) in [4.78, 5) is 25.9. The number of carbonyl (C=O) groups excluding carboxylic acids is 1. The molecule has 0 aliphatic carbocycles. The molecule has 0 saturated carbocycles. The molecule has 3 aromatic rings. The number of aromatic hydroxyl groups is 3. The largest absolute Gasteiger partial charge is 0.508 e. The maximum absolute atomic E-state index is 14.2. The van der Waals surface area contributed by atoms with E-state index in [0.29, 0.717) is 0 Å². The Kier molecular flexibility index (Phi) is 13.0. The number of ether oxygens (including phenoxy) is 8. The van der Waals surface area contributed by atoms with Crippen LogP contribution < -0.4 is 14.9 Å². The second-order valence-electron chi connectivity index (χ2n) is 13.9. The molecule has 22 nitrogen and oxygen atoms in total. The van der Waals surface area contributed by atoms with Crippen molar-refractivity contribution in [3.63, 3.8) is 0 Å². The van der Waals surface area contributed by atoms with Gasteiger partial charge in [-0.05, 0) is 25.1 Å². The summed E-state index contributed by atoms with van der Waals surface area (Å²) in [6, 6.07) is 5.59. The summed E-state index contributed by atoms with van der Waals surface area (Å²) in [5.41, 5.74) is -1.40. The van der Waals surface area contributed by atoms with Gasteiger partial charge in [0, 0.05) is 24.6 Å². The van der Waals surface area contributed by atoms with E-state index in [4.69, 9.17) is 42.3 Å². The highest BCUT2D eigenvalue weighted by Gasteiger charge is 2.53. The highest BCUT2D eigenvalue weighted by molar-refractivity contribution is 5.88. The van der Waals surface area contributed by atoms with Gasteiger partial charge in [0.2, 0.25) is 17.5 Å². The Morgan fingerprint density at radius 2 is 1.41 bits per heavy atom. The lowest BCUT2D eigenvalue weighted by molar-refractivity contribution is -0.360. The highest BCUT2D eigenvalue weighted by atomic mass is 16.8. The molecule has 15 atom stereocenters. The molecule has 22 heteroatoms. The Morgan fingerprint density at radius 3 is 2.09 bits per heavy atom. The van der Waals surface area contributed by atoms with Gasteiger partial charge in [-0.15, -0.1) is 0 Å². The van der Waals surface area contributed by atoms with Crippen molar-refractivity contribution in [2.45, 2.75) is 106 Å². The van der Waals surface area contributed by atoms with Crippen LogP contribution in [0.3, 0.4) is 0 Å². The number of phenols is 3. The minimum atomic E-state index is -2.09. The van der Waals surface area contributed by atoms with E-state index >= 15 is 0 Å². The van der Waals surface area contributed by atoms with Gasteiger partial charge < -0.3 is 98.5 Å². The zero-order valence-corrected chi connectivity index (χ0v) is 30.9. The summed E-state index contributed by atoms with van der Waals surface area (Å²) < 4.78 is 50.8. The van der Waals surface area contributed by atoms with E-state index in [1.165, 1.54) is 32.2 Å². The zero-order chi connectivity index (χ0) is 42.3. The molecule has 58 heavy (non-hydrogen) atoms. The summed E-state index contributed by atoms with van der Waals surface area (Å²) >= 11 is 0. The van der Waals surface area contributed by atoms with Gasteiger partial charge in [0.25, 0.3) is 0 Å². The van der Waals surface area contributed by atoms with Crippen LogP contribution in [0.1, 0.15) is 13.8 Å². The molecule has 3 fully saturated rings. The van der Waals surface area contributed by atoms with E-state index in [9.17, 15) is 65.8 Å². The van der Waals surface area contributed by atoms with Crippen LogP contribution in [0.2, 0.25) is 0 Å². The quantitative estimate of drug-likeness (QED) is 0.0859. The van der Waals surface area contributed by atoms with E-state index in [1.54, 1.807) is 0 Å². The predicted octanol–water partition coefficient (Wildman–Crippen LogP) is -2.99. The molecule has 0 amide bonds. The molecule has 4 heterocycles. The SMILES string of the molecule is COc1cc(-c2oc3cc(O)cc(O)c3c(=O)c2OC2OC(COC3OC(CO)C(O)C(O)C3O)C(O)C(O)C2OC2OC(C)C(OC(C)=O)C(O)C2O)ccc1O. The molecule has 6 rings (SSSR count). The van der Waals surface area contributed by atoms with Crippen LogP contribution in [0.15, 0.2) is 39.5 Å². The van der Waals surface area contributed by atoms with Gasteiger partial charge in [0.15, 0.2) is 42.0 Å². The fraction of sp³-hybridized carbons (Fsp3) is 0.556. The number of phenolic OH excluding ortho intramolecular Hbond substituents is 3. The first-order valence-electron chi connectivity index (χ1n) is 17.8. The Labute approximate surface area is 327 Å². The normalized spacial score (nSPS) is 35.4. The second-order valence-corrected chi connectivity index (χ2v) is 13.9. The molecule has 0 bridgehead atoms. The fourth-order valence-corrected chi connectivity index (χ4v) is 6.81. The number of rotatable bonds is 11. The third-order valence-corrected chi connectivity index (χ3v) is 9.88. The first-order chi connectivity index (χ1) is 27.4. The maximum atomic E-state index is 14.2. The lowest BCUT2D eigenvalue weighted by Gasteiger charge is -2.46. The van der Waals surface area contributed by atoms with Crippen molar-refractivity contribution in [3.8, 4) is 40.1 Å². The minimum Gasteiger partial charge on any atom is -0.508 e. The predicted molar refractivity (Wildman–Crippen MR) is 187 cm³/mol. The van der Waals surface area contributed by atoms with Crippen molar-refractivity contribution in [3.05, 3.63) is 40.6 Å². The van der Waals surface area contributed by atoms with Crippen LogP contribution in [-0.2, 0) is 33.2 Å². The van der Waals surface area contributed by atoms with Crippen LogP contribution in [-0.4, -0.2) is 175 Å². The van der Waals surface area contributed by atoms with Crippen molar-refractivity contribution >= 4 is 16.9 Å². The molecule has 3 aliphatic rings. The van der Waals surface area contributed by atoms with Gasteiger partial charge in [0.05, 0.1) is 26.4 Å². The standard InChI is InChI=1S/C36H44O22/c1-11-30(53-12(2)38)27(47)29(49)35(52-11)58-33-26(46)23(43)20(10-51-34-28(48)25(45)22(42)19(9-37)55-34)56-36(33)57-32-24(44)21-16(41)7-14(39)8-18(21)54-31(32)13-4-5-15(40)17(6-13)50-3/h4-8,11,19-20,22-23,25-30,33-37,39-43,45-49H,9-10H2,1-3H3. The zero-order valence-electron chi connectivity index (χ0n) is 30.9. The molecule has 0 radical (unpaired) electrons. The Balaban J connectivity index is 1.40. The summed E-state index contributed by atoms with van der Waals surface area (Å²) in [6.45, 7) is 0.887. The summed E-state index contributed by atoms with van der Waals surface area (Å²) in [5.74, 6) is -3.59. The van der Waals surface area contributed by atoms with Gasteiger partial charge in [-0.3, -0.25) is 9.59 Å². The van der Waals surface area contributed by atoms with Crippen molar-refractivity contribution in [1.82, 2.24) is 0 Å². The number of benzene rings is 2. The van der Waals surface area contributed by atoms with Gasteiger partial charge in [-0.2, -0.15) is 0 Å². The number of aliphatic hydroxyl groups is 8. The average Bonchev–Trinajstić information content (AvgIpc) is 3.18. The highest BCUT2D eigenvalue weighted by Crippen LogP contribution is 2.40. The molecule has 0 spiro atoms. The van der Waals surface area contributed by atoms with E-state index in [2.05, 4.69) is 0 Å². The van der Waals surface area contributed by atoms with Gasteiger partial charge in [-0.25, -0.2) is 0 Å². The first-order valence-corrected chi connectivity index (χ1v) is 17.8. The van der Waals surface area contributed by atoms with Crippen LogP contribution in [0.5, 0.6) is 28.7 Å². The Hall–Kier alpha value is -4.40. The molecule has 11 N–H and O–H groups in total. The third-order valence-electron chi connectivity index (χ3n) is 9.88. The maximum Gasteiger partial charge on any atom is 0.303 e. The van der Waals surface area contributed by atoms with Crippen LogP contribution in [0.25, 0.3) is 22.3 Å². The number of methoxy groups -OCH3 is 1. The fourth-order valence-electron chi connectivity index (χ4n) is 6.81. The monoisotopic (exact) mass is 828 g/mol. The summed E-state index contributed by atoms with van der Waals surface area (Å²) in [7, 11) is 1.24. The average molecular weight is 829 g/mol. The molecule has 15 unspecified atom stereocenters. The number of aliphatic hydroxyl groups excluding tert-OH is 8. The van der Waals surface area contributed by atoms with Crippen LogP contribution >= 0.6 is 0 Å². The Morgan fingerprint density at radius 1 is 0.759 bits per heavy atom. The van der Waals surface area contributed by atoms with E-state index in [1.807, 2.05) is 0 Å². The molecule has 3 saturated heterocycles. The topological polar surface area (TPSA) is 344 Å². The smallest absolute Gasteiger partial charge is 0.303 e. The Bertz CT molecular complexity index is 1990. The third kappa shape index (κ3) is 8.37. The van der Waals surface area contributed by atoms with E-state index in [0.717, 1.165) is 19.1 Å². The minimum absolute atomic E-state index is 0.0161. The second kappa shape index (κ2) is 17.4. The summed E-state index contributed by atoms with van der Waals surface area (Å²) in [6.07, 6.45) is -26.4. The summed E-state index contributed by atoms with van der Waals surface area (Å²) in [5, 5.41) is 116. The van der Waals surface area contributed by atoms with Gasteiger partial charge in [0.1, 0.15) is 77.4 Å². The van der Waals surface area contributed by atoms with Crippen molar-refractivity contribution in [2.75, 3.05) is 20.3 Å². The molecule has 320 valence electrons. The molecule has 2 aromatic carbocycles. The molecular weight excluding hydrogens is 784 g/mol. The lowest BCUT2D eigenvalue weighted by Crippen LogP contribution is -2.65.